The number of hydrogen-bond acceptors (Lipinski definition) is 3. The fourth-order valence-electron chi connectivity index (χ4n) is 2.42. The molecular weight excluding hydrogens is 258 g/mol. The Balaban J connectivity index is 2.30. The molecule has 0 atom stereocenters. The van der Waals surface area contributed by atoms with E-state index in [4.69, 9.17) is 5.11 Å². The molecule has 1 aromatic carbocycles. The van der Waals surface area contributed by atoms with Crippen LogP contribution in [0.2, 0.25) is 0 Å². The number of phenolic OH excluding ortho intramolecular Hbond substituents is 1. The number of aromatic hydroxyl groups is 1. The van der Waals surface area contributed by atoms with Crippen molar-refractivity contribution >= 4 is 16.9 Å². The van der Waals surface area contributed by atoms with E-state index < -0.39 is 5.97 Å². The van der Waals surface area contributed by atoms with E-state index >= 15 is 0 Å². The normalized spacial score (nSPS) is 11.1. The molecule has 2 aromatic heterocycles. The highest BCUT2D eigenvalue weighted by molar-refractivity contribution is 6.00. The van der Waals surface area contributed by atoms with Gasteiger partial charge in [0, 0.05) is 25.9 Å². The molecule has 3 aromatic rings. The lowest BCUT2D eigenvalue weighted by atomic mass is 10.1. The molecule has 20 heavy (non-hydrogen) atoms. The van der Waals surface area contributed by atoms with Gasteiger partial charge in [0.1, 0.15) is 11.4 Å². The first kappa shape index (κ1) is 12.3. The van der Waals surface area contributed by atoms with E-state index in [2.05, 4.69) is 5.10 Å². The number of nitrogens with zero attached hydrogens (tertiary/aromatic N) is 3. The van der Waals surface area contributed by atoms with Gasteiger partial charge in [0.2, 0.25) is 0 Å². The molecule has 0 saturated heterocycles. The molecular formula is C14H13N3O3. The summed E-state index contributed by atoms with van der Waals surface area (Å²) in [4.78, 5) is 11.1. The number of phenols is 1. The van der Waals surface area contributed by atoms with Gasteiger partial charge in [0.05, 0.1) is 16.6 Å². The number of carbonyl (C=O) groups is 1. The quantitative estimate of drug-likeness (QED) is 0.747. The molecule has 2 heterocycles. The Bertz CT molecular complexity index is 830. The number of rotatable bonds is 2. The minimum absolute atomic E-state index is 0.104. The first-order chi connectivity index (χ1) is 9.49. The van der Waals surface area contributed by atoms with Crippen LogP contribution < -0.4 is 0 Å². The zero-order chi connectivity index (χ0) is 14.4. The molecule has 0 unspecified atom stereocenters. The van der Waals surface area contributed by atoms with Crippen molar-refractivity contribution in [1.29, 1.82) is 0 Å². The number of aromatic nitrogens is 3. The summed E-state index contributed by atoms with van der Waals surface area (Å²) in [7, 11) is 3.45. The molecule has 0 aliphatic heterocycles. The number of fused-ring (bicyclic) bond motifs is 1. The number of benzene rings is 1. The molecule has 0 spiro atoms. The second kappa shape index (κ2) is 4.12. The van der Waals surface area contributed by atoms with E-state index in [9.17, 15) is 9.90 Å². The molecule has 2 N–H and O–H groups in total. The van der Waals surface area contributed by atoms with Crippen LogP contribution in [0.1, 0.15) is 10.5 Å². The van der Waals surface area contributed by atoms with E-state index in [1.54, 1.807) is 19.2 Å². The summed E-state index contributed by atoms with van der Waals surface area (Å²) >= 11 is 0. The zero-order valence-electron chi connectivity index (χ0n) is 11.0. The van der Waals surface area contributed by atoms with Crippen molar-refractivity contribution in [2.45, 2.75) is 0 Å². The van der Waals surface area contributed by atoms with Crippen molar-refractivity contribution < 1.29 is 15.0 Å². The van der Waals surface area contributed by atoms with Crippen LogP contribution in [0.5, 0.6) is 5.75 Å². The van der Waals surface area contributed by atoms with Crippen molar-refractivity contribution in [1.82, 2.24) is 14.3 Å². The number of aromatic carboxylic acids is 1. The fraction of sp³-hybridized carbons (Fsp3) is 0.143. The fourth-order valence-corrected chi connectivity index (χ4v) is 2.42. The summed E-state index contributed by atoms with van der Waals surface area (Å²) in [5, 5.41) is 24.0. The summed E-state index contributed by atoms with van der Waals surface area (Å²) in [5.74, 6) is -0.878. The Morgan fingerprint density at radius 2 is 2.05 bits per heavy atom. The Hall–Kier alpha value is -2.76. The Morgan fingerprint density at radius 1 is 1.30 bits per heavy atom. The summed E-state index contributed by atoms with van der Waals surface area (Å²) in [6, 6.07) is 6.76. The molecule has 0 fully saturated rings. The van der Waals surface area contributed by atoms with Crippen molar-refractivity contribution in [3.8, 4) is 17.0 Å². The SMILES string of the molecule is Cn1nc(-c2cn(C)c3cccc(O)c23)cc1C(=O)O. The topological polar surface area (TPSA) is 80.3 Å². The van der Waals surface area contributed by atoms with E-state index in [0.717, 1.165) is 5.52 Å². The standard InChI is InChI=1S/C14H13N3O3/c1-16-7-8(13-10(16)4-3-5-12(13)18)9-6-11(14(19)20)17(2)15-9/h3-7,18H,1-2H3,(H,19,20). The second-order valence-corrected chi connectivity index (χ2v) is 4.67. The van der Waals surface area contributed by atoms with Gasteiger partial charge < -0.3 is 14.8 Å². The summed E-state index contributed by atoms with van der Waals surface area (Å²) in [5.41, 5.74) is 2.20. The highest BCUT2D eigenvalue weighted by Crippen LogP contribution is 2.35. The maximum atomic E-state index is 11.1. The third-order valence-corrected chi connectivity index (χ3v) is 3.37. The van der Waals surface area contributed by atoms with Gasteiger partial charge in [-0.1, -0.05) is 6.07 Å². The molecule has 0 aliphatic rings. The van der Waals surface area contributed by atoms with Crippen LogP contribution in [0.3, 0.4) is 0 Å². The average molecular weight is 271 g/mol. The first-order valence-corrected chi connectivity index (χ1v) is 6.03. The highest BCUT2D eigenvalue weighted by Gasteiger charge is 2.18. The largest absolute Gasteiger partial charge is 0.507 e. The molecule has 102 valence electrons. The molecule has 0 aliphatic carbocycles. The Kier molecular flexibility index (Phi) is 2.53. The number of hydrogen-bond donors (Lipinski definition) is 2. The lowest BCUT2D eigenvalue weighted by Gasteiger charge is -1.98. The Labute approximate surface area is 114 Å². The van der Waals surface area contributed by atoms with E-state index in [1.807, 2.05) is 23.9 Å². The van der Waals surface area contributed by atoms with Gasteiger partial charge >= 0.3 is 5.97 Å². The van der Waals surface area contributed by atoms with Gasteiger partial charge in [-0.25, -0.2) is 4.79 Å². The monoisotopic (exact) mass is 271 g/mol. The Morgan fingerprint density at radius 3 is 2.70 bits per heavy atom. The van der Waals surface area contributed by atoms with Crippen molar-refractivity contribution in [3.63, 3.8) is 0 Å². The van der Waals surface area contributed by atoms with Crippen LogP contribution in [0, 0.1) is 0 Å². The van der Waals surface area contributed by atoms with Gasteiger partial charge in [-0.05, 0) is 18.2 Å². The minimum Gasteiger partial charge on any atom is -0.507 e. The molecule has 3 rings (SSSR count). The van der Waals surface area contributed by atoms with Gasteiger partial charge in [0.25, 0.3) is 0 Å². The van der Waals surface area contributed by atoms with Gasteiger partial charge in [0.15, 0.2) is 0 Å². The van der Waals surface area contributed by atoms with E-state index in [1.165, 1.54) is 10.7 Å². The van der Waals surface area contributed by atoms with Crippen LogP contribution >= 0.6 is 0 Å². The number of carboxylic acids is 1. The highest BCUT2D eigenvalue weighted by atomic mass is 16.4. The van der Waals surface area contributed by atoms with Crippen molar-refractivity contribution in [3.05, 3.63) is 36.2 Å². The van der Waals surface area contributed by atoms with Crippen LogP contribution in [0.25, 0.3) is 22.2 Å². The second-order valence-electron chi connectivity index (χ2n) is 4.67. The van der Waals surface area contributed by atoms with E-state index in [-0.39, 0.29) is 11.4 Å². The number of aryl methyl sites for hydroxylation is 2. The van der Waals surface area contributed by atoms with Gasteiger partial charge in [-0.2, -0.15) is 5.10 Å². The third-order valence-electron chi connectivity index (χ3n) is 3.37. The molecule has 6 nitrogen and oxygen atoms in total. The predicted octanol–water partition coefficient (Wildman–Crippen LogP) is 1.98. The third kappa shape index (κ3) is 1.65. The first-order valence-electron chi connectivity index (χ1n) is 6.03. The van der Waals surface area contributed by atoms with Crippen LogP contribution in [0.15, 0.2) is 30.5 Å². The molecule has 0 amide bonds. The lowest BCUT2D eigenvalue weighted by molar-refractivity contribution is 0.0685. The van der Waals surface area contributed by atoms with Crippen molar-refractivity contribution in [2.75, 3.05) is 0 Å². The molecule has 6 heteroatoms. The van der Waals surface area contributed by atoms with Gasteiger partial charge in [-0.3, -0.25) is 4.68 Å². The molecule has 0 radical (unpaired) electrons. The molecule has 0 bridgehead atoms. The van der Waals surface area contributed by atoms with E-state index in [0.29, 0.717) is 16.6 Å². The van der Waals surface area contributed by atoms with Gasteiger partial charge in [-0.15, -0.1) is 0 Å². The molecule has 0 saturated carbocycles. The van der Waals surface area contributed by atoms with Crippen LogP contribution in [-0.2, 0) is 14.1 Å². The number of carboxylic acid groups (broad SMARTS) is 1. The summed E-state index contributed by atoms with van der Waals surface area (Å²) < 4.78 is 3.19. The summed E-state index contributed by atoms with van der Waals surface area (Å²) in [6.07, 6.45) is 1.83. The summed E-state index contributed by atoms with van der Waals surface area (Å²) in [6.45, 7) is 0. The minimum atomic E-state index is -1.03. The average Bonchev–Trinajstić information content (AvgIpc) is 2.92. The van der Waals surface area contributed by atoms with Crippen LogP contribution in [-0.4, -0.2) is 30.5 Å². The maximum Gasteiger partial charge on any atom is 0.354 e. The smallest absolute Gasteiger partial charge is 0.354 e. The zero-order valence-corrected chi connectivity index (χ0v) is 11.0. The maximum absolute atomic E-state index is 11.1. The van der Waals surface area contributed by atoms with Crippen molar-refractivity contribution in [2.24, 2.45) is 14.1 Å². The van der Waals surface area contributed by atoms with Crippen LogP contribution in [0.4, 0.5) is 0 Å². The predicted molar refractivity (Wildman–Crippen MR) is 73.7 cm³/mol. The lowest BCUT2D eigenvalue weighted by Crippen LogP contribution is -2.04.